The monoisotopic (exact) mass is 288 g/mol. The number of nitriles is 1. The number of halogens is 1. The van der Waals surface area contributed by atoms with Crippen molar-refractivity contribution in [3.05, 3.63) is 52.8 Å². The van der Waals surface area contributed by atoms with Crippen LogP contribution in [0.2, 0.25) is 5.02 Å². The van der Waals surface area contributed by atoms with Crippen LogP contribution in [0, 0.1) is 18.3 Å². The molecule has 20 heavy (non-hydrogen) atoms. The first-order chi connectivity index (χ1) is 9.61. The molecule has 2 rings (SSSR count). The zero-order valence-corrected chi connectivity index (χ0v) is 12.4. The van der Waals surface area contributed by atoms with Crippen LogP contribution in [0.4, 0.5) is 0 Å². The van der Waals surface area contributed by atoms with E-state index in [9.17, 15) is 5.26 Å². The number of benzene rings is 1. The summed E-state index contributed by atoms with van der Waals surface area (Å²) in [6.07, 6.45) is 1.75. The van der Waals surface area contributed by atoms with Crippen molar-refractivity contribution in [3.8, 4) is 6.07 Å². The summed E-state index contributed by atoms with van der Waals surface area (Å²) in [5.74, 6) is 0. The summed E-state index contributed by atoms with van der Waals surface area (Å²) in [6, 6.07) is 12.1. The Morgan fingerprint density at radius 1 is 1.40 bits per heavy atom. The summed E-state index contributed by atoms with van der Waals surface area (Å²) in [6.45, 7) is 4.93. The van der Waals surface area contributed by atoms with E-state index in [2.05, 4.69) is 16.5 Å². The molecule has 2 aromatic rings. The molecule has 0 radical (unpaired) electrons. The van der Waals surface area contributed by atoms with Crippen LogP contribution in [0.25, 0.3) is 0 Å². The summed E-state index contributed by atoms with van der Waals surface area (Å²) >= 11 is 6.04. The van der Waals surface area contributed by atoms with Gasteiger partial charge in [-0.15, -0.1) is 0 Å². The predicted molar refractivity (Wildman–Crippen MR) is 79.4 cm³/mol. The van der Waals surface area contributed by atoms with Crippen LogP contribution in [0.15, 0.2) is 36.5 Å². The van der Waals surface area contributed by atoms with Crippen LogP contribution in [-0.4, -0.2) is 16.3 Å². The number of nitrogens with zero attached hydrogens (tertiary/aromatic N) is 3. The molecule has 0 spiro atoms. The lowest BCUT2D eigenvalue weighted by Gasteiger charge is -2.28. The van der Waals surface area contributed by atoms with Gasteiger partial charge in [-0.3, -0.25) is 10.00 Å². The molecule has 1 N–H and O–H groups in total. The fraction of sp³-hybridized carbons (Fsp3) is 0.333. The maximum atomic E-state index is 9.71. The van der Waals surface area contributed by atoms with Gasteiger partial charge in [-0.2, -0.15) is 10.4 Å². The average Bonchev–Trinajstić information content (AvgIpc) is 2.77. The van der Waals surface area contributed by atoms with E-state index in [1.807, 2.05) is 44.2 Å². The van der Waals surface area contributed by atoms with Gasteiger partial charge in [0.15, 0.2) is 5.54 Å². The standard InChI is InChI=1S/C15H17ClN4/c1-3-18-15(10-17,13-7-5-4-6-8-13)11-20-9-14(16)12(2)19-20/h4-9,18H,3,11H2,1-2H3. The molecule has 0 amide bonds. The first-order valence-corrected chi connectivity index (χ1v) is 6.90. The van der Waals surface area contributed by atoms with Gasteiger partial charge in [0.1, 0.15) is 0 Å². The van der Waals surface area contributed by atoms with Gasteiger partial charge in [-0.05, 0) is 19.0 Å². The van der Waals surface area contributed by atoms with Gasteiger partial charge in [0, 0.05) is 6.20 Å². The van der Waals surface area contributed by atoms with Crippen molar-refractivity contribution in [2.45, 2.75) is 25.9 Å². The summed E-state index contributed by atoms with van der Waals surface area (Å²) < 4.78 is 1.72. The zero-order valence-electron chi connectivity index (χ0n) is 11.6. The molecule has 1 unspecified atom stereocenters. The third-order valence-electron chi connectivity index (χ3n) is 3.22. The normalized spacial score (nSPS) is 13.7. The number of aryl methyl sites for hydroxylation is 1. The minimum absolute atomic E-state index is 0.412. The molecular formula is C15H17ClN4. The molecule has 0 aliphatic rings. The van der Waals surface area contributed by atoms with Crippen molar-refractivity contribution in [2.24, 2.45) is 0 Å². The smallest absolute Gasteiger partial charge is 0.152 e. The molecule has 5 heteroatoms. The van der Waals surface area contributed by atoms with E-state index in [0.717, 1.165) is 11.3 Å². The summed E-state index contributed by atoms with van der Waals surface area (Å²) in [5.41, 5.74) is 0.884. The van der Waals surface area contributed by atoms with E-state index in [0.29, 0.717) is 18.1 Å². The Bertz CT molecular complexity index is 595. The quantitative estimate of drug-likeness (QED) is 0.920. The number of nitrogens with one attached hydrogen (secondary N) is 1. The van der Waals surface area contributed by atoms with Crippen molar-refractivity contribution in [3.63, 3.8) is 0 Å². The second kappa shape index (κ2) is 6.08. The number of hydrogen-bond acceptors (Lipinski definition) is 3. The molecule has 0 aliphatic carbocycles. The Balaban J connectivity index is 2.40. The second-order valence-corrected chi connectivity index (χ2v) is 5.08. The number of rotatable bonds is 5. The highest BCUT2D eigenvalue weighted by Gasteiger charge is 2.32. The fourth-order valence-electron chi connectivity index (χ4n) is 2.23. The Kier molecular flexibility index (Phi) is 4.43. The van der Waals surface area contributed by atoms with Crippen LogP contribution in [0.1, 0.15) is 18.2 Å². The minimum atomic E-state index is -0.808. The van der Waals surface area contributed by atoms with Gasteiger partial charge >= 0.3 is 0 Å². The van der Waals surface area contributed by atoms with Crippen molar-refractivity contribution in [2.75, 3.05) is 6.54 Å². The SMILES string of the molecule is CCNC(C#N)(Cn1cc(Cl)c(C)n1)c1ccccc1. The minimum Gasteiger partial charge on any atom is -0.294 e. The summed E-state index contributed by atoms with van der Waals surface area (Å²) in [4.78, 5) is 0. The van der Waals surface area contributed by atoms with Crippen LogP contribution in [-0.2, 0) is 12.1 Å². The maximum absolute atomic E-state index is 9.71. The largest absolute Gasteiger partial charge is 0.294 e. The Labute approximate surface area is 124 Å². The molecule has 0 fully saturated rings. The van der Waals surface area contributed by atoms with Gasteiger partial charge in [0.2, 0.25) is 0 Å². The Hall–Kier alpha value is -1.83. The first-order valence-electron chi connectivity index (χ1n) is 6.52. The topological polar surface area (TPSA) is 53.6 Å². The molecule has 1 aromatic heterocycles. The highest BCUT2D eigenvalue weighted by molar-refractivity contribution is 6.31. The average molecular weight is 289 g/mol. The van der Waals surface area contributed by atoms with E-state index in [1.165, 1.54) is 0 Å². The van der Waals surface area contributed by atoms with Crippen LogP contribution in [0.3, 0.4) is 0 Å². The molecule has 1 aromatic carbocycles. The van der Waals surface area contributed by atoms with Gasteiger partial charge in [-0.25, -0.2) is 0 Å². The lowest BCUT2D eigenvalue weighted by atomic mass is 9.91. The molecule has 1 heterocycles. The van der Waals surface area contributed by atoms with E-state index < -0.39 is 5.54 Å². The number of hydrogen-bond donors (Lipinski definition) is 1. The van der Waals surface area contributed by atoms with Gasteiger partial charge in [-0.1, -0.05) is 48.9 Å². The summed E-state index contributed by atoms with van der Waals surface area (Å²) in [7, 11) is 0. The molecule has 104 valence electrons. The van der Waals surface area contributed by atoms with Gasteiger partial charge < -0.3 is 0 Å². The van der Waals surface area contributed by atoms with Gasteiger partial charge in [0.05, 0.1) is 23.3 Å². The highest BCUT2D eigenvalue weighted by Crippen LogP contribution is 2.24. The Morgan fingerprint density at radius 2 is 2.10 bits per heavy atom. The number of likely N-dealkylation sites (N-methyl/N-ethyl adjacent to an activating group) is 1. The van der Waals surface area contributed by atoms with Crippen LogP contribution >= 0.6 is 11.6 Å². The molecule has 0 bridgehead atoms. The van der Waals surface area contributed by atoms with Crippen molar-refractivity contribution in [1.82, 2.24) is 15.1 Å². The van der Waals surface area contributed by atoms with E-state index >= 15 is 0 Å². The van der Waals surface area contributed by atoms with Crippen molar-refractivity contribution in [1.29, 1.82) is 5.26 Å². The van der Waals surface area contributed by atoms with Crippen LogP contribution in [0.5, 0.6) is 0 Å². The molecule has 0 saturated heterocycles. The number of aromatic nitrogens is 2. The summed E-state index contributed by atoms with van der Waals surface area (Å²) in [5, 5.41) is 17.9. The molecule has 4 nitrogen and oxygen atoms in total. The van der Waals surface area contributed by atoms with E-state index in [4.69, 9.17) is 11.6 Å². The van der Waals surface area contributed by atoms with Gasteiger partial charge in [0.25, 0.3) is 0 Å². The van der Waals surface area contributed by atoms with E-state index in [-0.39, 0.29) is 0 Å². The lowest BCUT2D eigenvalue weighted by Crippen LogP contribution is -2.44. The van der Waals surface area contributed by atoms with E-state index in [1.54, 1.807) is 10.9 Å². The first kappa shape index (κ1) is 14.6. The molecule has 0 aliphatic heterocycles. The molecule has 0 saturated carbocycles. The lowest BCUT2D eigenvalue weighted by molar-refractivity contribution is 0.358. The highest BCUT2D eigenvalue weighted by atomic mass is 35.5. The second-order valence-electron chi connectivity index (χ2n) is 4.67. The third kappa shape index (κ3) is 2.84. The van der Waals surface area contributed by atoms with Crippen molar-refractivity contribution >= 4 is 11.6 Å². The molecular weight excluding hydrogens is 272 g/mol. The Morgan fingerprint density at radius 3 is 2.60 bits per heavy atom. The van der Waals surface area contributed by atoms with Crippen LogP contribution < -0.4 is 5.32 Å². The zero-order chi connectivity index (χ0) is 14.6. The fourth-order valence-corrected chi connectivity index (χ4v) is 2.38. The molecule has 1 atom stereocenters. The van der Waals surface area contributed by atoms with Crippen molar-refractivity contribution < 1.29 is 0 Å². The maximum Gasteiger partial charge on any atom is 0.152 e. The third-order valence-corrected chi connectivity index (χ3v) is 3.59. The predicted octanol–water partition coefficient (Wildman–Crippen LogP) is 2.87.